The van der Waals surface area contributed by atoms with Gasteiger partial charge < -0.3 is 10.2 Å². The van der Waals surface area contributed by atoms with E-state index >= 15 is 0 Å². The minimum absolute atomic E-state index is 0.558. The van der Waals surface area contributed by atoms with Gasteiger partial charge in [-0.2, -0.15) is 9.61 Å². The predicted octanol–water partition coefficient (Wildman–Crippen LogP) is 2.80. The summed E-state index contributed by atoms with van der Waals surface area (Å²) in [6.45, 7) is 2.84. The molecule has 4 heterocycles. The molecule has 1 saturated heterocycles. The molecule has 2 radical (unpaired) electrons. The van der Waals surface area contributed by atoms with Gasteiger partial charge in [-0.25, -0.2) is 9.97 Å². The third-order valence-corrected chi connectivity index (χ3v) is 5.28. The molecule has 0 atom stereocenters. The molecular formula is C22H21BN6. The molecule has 1 aliphatic heterocycles. The van der Waals surface area contributed by atoms with Crippen LogP contribution in [0.5, 0.6) is 0 Å². The van der Waals surface area contributed by atoms with Crippen LogP contribution in [0.3, 0.4) is 0 Å². The standard InChI is InChI=1S/C22H21BN6/c23-18-15-26-29-21(12-19(27-22(18)29)17-6-2-1-3-7-17)25-14-16-8-9-20(24-13-16)28-10-4-5-11-28/h1-3,6-9,12-13,15,25H,4-5,10-11,14H2. The van der Waals surface area contributed by atoms with Gasteiger partial charge in [0.15, 0.2) is 5.65 Å². The molecule has 142 valence electrons. The van der Waals surface area contributed by atoms with E-state index in [1.54, 1.807) is 10.7 Å². The number of rotatable bonds is 5. The highest BCUT2D eigenvalue weighted by Gasteiger charge is 2.13. The van der Waals surface area contributed by atoms with E-state index in [9.17, 15) is 0 Å². The number of pyridine rings is 1. The summed E-state index contributed by atoms with van der Waals surface area (Å²) in [6.07, 6.45) is 6.07. The van der Waals surface area contributed by atoms with Gasteiger partial charge in [-0.05, 0) is 29.9 Å². The van der Waals surface area contributed by atoms with E-state index in [0.29, 0.717) is 17.7 Å². The van der Waals surface area contributed by atoms with Gasteiger partial charge in [0.1, 0.15) is 19.5 Å². The number of aromatic nitrogens is 4. The molecule has 6 nitrogen and oxygen atoms in total. The molecule has 1 N–H and O–H groups in total. The Kier molecular flexibility index (Phi) is 4.64. The number of nitrogens with one attached hydrogen (secondary N) is 1. The van der Waals surface area contributed by atoms with E-state index in [1.807, 2.05) is 42.6 Å². The van der Waals surface area contributed by atoms with Crippen molar-refractivity contribution in [3.8, 4) is 11.3 Å². The van der Waals surface area contributed by atoms with Crippen molar-refractivity contribution in [2.45, 2.75) is 19.4 Å². The molecule has 1 fully saturated rings. The first-order chi connectivity index (χ1) is 14.3. The van der Waals surface area contributed by atoms with Crippen LogP contribution in [0.1, 0.15) is 18.4 Å². The normalized spacial score (nSPS) is 13.9. The Morgan fingerprint density at radius 3 is 2.59 bits per heavy atom. The van der Waals surface area contributed by atoms with Gasteiger partial charge in [-0.1, -0.05) is 36.4 Å². The quantitative estimate of drug-likeness (QED) is 0.540. The molecule has 5 rings (SSSR count). The van der Waals surface area contributed by atoms with Crippen molar-refractivity contribution in [2.24, 2.45) is 0 Å². The van der Waals surface area contributed by atoms with Gasteiger partial charge in [-0.3, -0.25) is 0 Å². The van der Waals surface area contributed by atoms with Crippen molar-refractivity contribution < 1.29 is 0 Å². The zero-order valence-corrected chi connectivity index (χ0v) is 16.1. The number of anilines is 2. The lowest BCUT2D eigenvalue weighted by Gasteiger charge is -2.16. The maximum absolute atomic E-state index is 6.09. The highest BCUT2D eigenvalue weighted by molar-refractivity contribution is 6.36. The molecule has 1 aliphatic rings. The third kappa shape index (κ3) is 3.56. The fourth-order valence-corrected chi connectivity index (χ4v) is 3.71. The lowest BCUT2D eigenvalue weighted by atomic mass is 10.0. The zero-order chi connectivity index (χ0) is 19.6. The summed E-state index contributed by atoms with van der Waals surface area (Å²) in [6, 6.07) is 16.3. The Bertz CT molecular complexity index is 1120. The number of fused-ring (bicyclic) bond motifs is 1. The van der Waals surface area contributed by atoms with Gasteiger partial charge >= 0.3 is 0 Å². The molecule has 0 spiro atoms. The minimum atomic E-state index is 0.558. The molecular weight excluding hydrogens is 359 g/mol. The van der Waals surface area contributed by atoms with Crippen LogP contribution in [0, 0.1) is 0 Å². The molecule has 0 unspecified atom stereocenters. The highest BCUT2D eigenvalue weighted by atomic mass is 15.3. The molecule has 0 bridgehead atoms. The maximum Gasteiger partial charge on any atom is 0.150 e. The van der Waals surface area contributed by atoms with Crippen molar-refractivity contribution in [3.05, 3.63) is 66.5 Å². The number of benzene rings is 1. The van der Waals surface area contributed by atoms with Gasteiger partial charge in [0.2, 0.25) is 0 Å². The molecule has 0 aliphatic carbocycles. The van der Waals surface area contributed by atoms with Crippen molar-refractivity contribution in [3.63, 3.8) is 0 Å². The highest BCUT2D eigenvalue weighted by Crippen LogP contribution is 2.22. The molecule has 7 heteroatoms. The smallest absolute Gasteiger partial charge is 0.150 e. The summed E-state index contributed by atoms with van der Waals surface area (Å²) in [5, 5.41) is 7.84. The average Bonchev–Trinajstić information content (AvgIpc) is 3.44. The summed E-state index contributed by atoms with van der Waals surface area (Å²) in [5.41, 5.74) is 4.21. The molecule has 4 aromatic rings. The number of nitrogens with zero attached hydrogens (tertiary/aromatic N) is 5. The SMILES string of the molecule is [B]c1cnn2c(NCc3ccc(N4CCCC4)nc3)cc(-c3ccccc3)nc12. The van der Waals surface area contributed by atoms with Crippen LogP contribution in [0.4, 0.5) is 11.6 Å². The Morgan fingerprint density at radius 2 is 1.83 bits per heavy atom. The largest absolute Gasteiger partial charge is 0.366 e. The monoisotopic (exact) mass is 380 g/mol. The average molecular weight is 380 g/mol. The molecule has 0 saturated carbocycles. The second-order valence-corrected chi connectivity index (χ2v) is 7.30. The fraction of sp³-hybridized carbons (Fsp3) is 0.227. The van der Waals surface area contributed by atoms with Crippen LogP contribution in [0.2, 0.25) is 0 Å². The second-order valence-electron chi connectivity index (χ2n) is 7.30. The first-order valence-electron chi connectivity index (χ1n) is 9.91. The van der Waals surface area contributed by atoms with Crippen molar-refractivity contribution in [1.82, 2.24) is 19.6 Å². The predicted molar refractivity (Wildman–Crippen MR) is 117 cm³/mol. The van der Waals surface area contributed by atoms with Gasteiger partial charge in [0.25, 0.3) is 0 Å². The number of hydrogen-bond donors (Lipinski definition) is 1. The van der Waals surface area contributed by atoms with Gasteiger partial charge in [0.05, 0.1) is 5.69 Å². The zero-order valence-electron chi connectivity index (χ0n) is 16.1. The Balaban J connectivity index is 1.41. The van der Waals surface area contributed by atoms with Crippen LogP contribution in [0.25, 0.3) is 16.9 Å². The first-order valence-corrected chi connectivity index (χ1v) is 9.91. The minimum Gasteiger partial charge on any atom is -0.366 e. The molecule has 1 aromatic carbocycles. The molecule has 29 heavy (non-hydrogen) atoms. The van der Waals surface area contributed by atoms with E-state index in [2.05, 4.69) is 32.4 Å². The van der Waals surface area contributed by atoms with E-state index in [-0.39, 0.29) is 0 Å². The molecule has 3 aromatic heterocycles. The lowest BCUT2D eigenvalue weighted by molar-refractivity contribution is 0.917. The fourth-order valence-electron chi connectivity index (χ4n) is 3.71. The topological polar surface area (TPSA) is 58.4 Å². The van der Waals surface area contributed by atoms with Crippen molar-refractivity contribution >= 4 is 30.6 Å². The van der Waals surface area contributed by atoms with E-state index in [1.165, 1.54) is 12.8 Å². The number of hydrogen-bond acceptors (Lipinski definition) is 5. The third-order valence-electron chi connectivity index (χ3n) is 5.28. The summed E-state index contributed by atoms with van der Waals surface area (Å²) in [7, 11) is 6.09. The Labute approximate surface area is 171 Å². The van der Waals surface area contributed by atoms with Crippen LogP contribution in [-0.4, -0.2) is 40.5 Å². The van der Waals surface area contributed by atoms with Gasteiger partial charge in [0, 0.05) is 43.7 Å². The molecule has 0 amide bonds. The maximum atomic E-state index is 6.09. The Morgan fingerprint density at radius 1 is 1.00 bits per heavy atom. The van der Waals surface area contributed by atoms with Crippen LogP contribution in [0.15, 0.2) is 60.9 Å². The van der Waals surface area contributed by atoms with Crippen LogP contribution < -0.4 is 15.7 Å². The van der Waals surface area contributed by atoms with Crippen LogP contribution >= 0.6 is 0 Å². The summed E-state index contributed by atoms with van der Waals surface area (Å²) in [5.74, 6) is 1.90. The van der Waals surface area contributed by atoms with Crippen molar-refractivity contribution in [1.29, 1.82) is 0 Å². The van der Waals surface area contributed by atoms with Gasteiger partial charge in [-0.15, -0.1) is 0 Å². The van der Waals surface area contributed by atoms with E-state index < -0.39 is 0 Å². The lowest BCUT2D eigenvalue weighted by Crippen LogP contribution is -2.18. The van der Waals surface area contributed by atoms with E-state index in [4.69, 9.17) is 12.8 Å². The summed E-state index contributed by atoms with van der Waals surface area (Å²) >= 11 is 0. The second kappa shape index (κ2) is 7.58. The van der Waals surface area contributed by atoms with Crippen LogP contribution in [-0.2, 0) is 6.54 Å². The Hall–Kier alpha value is -3.35. The first kappa shape index (κ1) is 17.7. The van der Waals surface area contributed by atoms with E-state index in [0.717, 1.165) is 41.5 Å². The summed E-state index contributed by atoms with van der Waals surface area (Å²) in [4.78, 5) is 11.7. The van der Waals surface area contributed by atoms with Crippen molar-refractivity contribution in [2.75, 3.05) is 23.3 Å². The summed E-state index contributed by atoms with van der Waals surface area (Å²) < 4.78 is 1.74.